The maximum absolute atomic E-state index is 13.7. The quantitative estimate of drug-likeness (QED) is 0.379. The van der Waals surface area contributed by atoms with Crippen LogP contribution in [0.25, 0.3) is 0 Å². The second-order valence-corrected chi connectivity index (χ2v) is 12.8. The lowest BCUT2D eigenvalue weighted by atomic mass is 9.95. The van der Waals surface area contributed by atoms with Crippen LogP contribution in [0.5, 0.6) is 0 Å². The standard InChI is InChI=1S/C31H45N3O4S/c1-6-28(31(36)32-27-13-8-7-9-14-27)33(22-26-19-17-23(2)18-20-26)30(35)16-11-21-34(39(5,37)38)29-15-10-12-24(3)25(29)4/h10,12,15,17-20,27-28H,6-9,11,13-14,16,21-22H2,1-5H3,(H,32,36)/t28-/m0/s1. The van der Waals surface area contributed by atoms with Crippen molar-refractivity contribution in [3.8, 4) is 0 Å². The molecule has 8 heteroatoms. The number of hydrogen-bond acceptors (Lipinski definition) is 4. The fourth-order valence-electron chi connectivity index (χ4n) is 5.34. The second-order valence-electron chi connectivity index (χ2n) is 10.9. The molecule has 0 aromatic heterocycles. The van der Waals surface area contributed by atoms with Crippen LogP contribution in [0, 0.1) is 20.8 Å². The molecule has 1 atom stereocenters. The summed E-state index contributed by atoms with van der Waals surface area (Å²) in [5, 5.41) is 3.21. The summed E-state index contributed by atoms with van der Waals surface area (Å²) in [7, 11) is -3.53. The average molecular weight is 556 g/mol. The predicted molar refractivity (Wildman–Crippen MR) is 158 cm³/mol. The van der Waals surface area contributed by atoms with Gasteiger partial charge in [0.15, 0.2) is 0 Å². The summed E-state index contributed by atoms with van der Waals surface area (Å²) in [5.74, 6) is -0.242. The molecule has 1 N–H and O–H groups in total. The average Bonchev–Trinajstić information content (AvgIpc) is 2.89. The van der Waals surface area contributed by atoms with E-state index in [-0.39, 0.29) is 30.8 Å². The van der Waals surface area contributed by atoms with Crippen molar-refractivity contribution in [2.24, 2.45) is 0 Å². The van der Waals surface area contributed by atoms with Gasteiger partial charge >= 0.3 is 0 Å². The van der Waals surface area contributed by atoms with Crippen LogP contribution in [0.15, 0.2) is 42.5 Å². The highest BCUT2D eigenvalue weighted by Gasteiger charge is 2.30. The van der Waals surface area contributed by atoms with Crippen LogP contribution >= 0.6 is 0 Å². The Morgan fingerprint density at radius 2 is 1.67 bits per heavy atom. The molecule has 0 bridgehead atoms. The van der Waals surface area contributed by atoms with Crippen LogP contribution in [0.3, 0.4) is 0 Å². The first kappa shape index (κ1) is 30.7. The van der Waals surface area contributed by atoms with Gasteiger partial charge in [-0.2, -0.15) is 0 Å². The Bertz CT molecular complexity index is 1220. The molecule has 0 unspecified atom stereocenters. The molecule has 0 heterocycles. The van der Waals surface area contributed by atoms with E-state index in [1.165, 1.54) is 17.0 Å². The fourth-order valence-corrected chi connectivity index (χ4v) is 6.36. The first-order valence-electron chi connectivity index (χ1n) is 14.2. The number of nitrogens with one attached hydrogen (secondary N) is 1. The molecule has 2 aromatic rings. The van der Waals surface area contributed by atoms with Gasteiger partial charge in [0.2, 0.25) is 21.8 Å². The molecule has 3 rings (SSSR count). The number of sulfonamides is 1. The molecule has 1 aliphatic carbocycles. The van der Waals surface area contributed by atoms with Crippen LogP contribution in [-0.4, -0.2) is 50.0 Å². The predicted octanol–water partition coefficient (Wildman–Crippen LogP) is 5.41. The highest BCUT2D eigenvalue weighted by atomic mass is 32.2. The number of carbonyl (C=O) groups excluding carboxylic acids is 2. The summed E-state index contributed by atoms with van der Waals surface area (Å²) in [4.78, 5) is 28.8. The van der Waals surface area contributed by atoms with Gasteiger partial charge in [-0.05, 0) is 69.2 Å². The van der Waals surface area contributed by atoms with Crippen LogP contribution in [0.2, 0.25) is 0 Å². The molecular formula is C31H45N3O4S. The van der Waals surface area contributed by atoms with Gasteiger partial charge in [0, 0.05) is 25.6 Å². The zero-order valence-electron chi connectivity index (χ0n) is 24.2. The minimum atomic E-state index is -3.53. The highest BCUT2D eigenvalue weighted by molar-refractivity contribution is 7.92. The van der Waals surface area contributed by atoms with Crippen molar-refractivity contribution in [1.82, 2.24) is 10.2 Å². The van der Waals surface area contributed by atoms with Crippen LogP contribution in [0.1, 0.15) is 80.5 Å². The molecule has 1 fully saturated rings. The molecule has 0 radical (unpaired) electrons. The van der Waals surface area contributed by atoms with E-state index >= 15 is 0 Å². The molecule has 7 nitrogen and oxygen atoms in total. The van der Waals surface area contributed by atoms with Gasteiger partial charge in [0.1, 0.15) is 6.04 Å². The van der Waals surface area contributed by atoms with Crippen molar-refractivity contribution in [3.05, 3.63) is 64.7 Å². The molecule has 0 saturated heterocycles. The minimum Gasteiger partial charge on any atom is -0.352 e. The Balaban J connectivity index is 1.77. The highest BCUT2D eigenvalue weighted by Crippen LogP contribution is 2.26. The lowest BCUT2D eigenvalue weighted by Gasteiger charge is -2.33. The van der Waals surface area contributed by atoms with Gasteiger partial charge in [-0.1, -0.05) is 68.1 Å². The van der Waals surface area contributed by atoms with Crippen molar-refractivity contribution in [1.29, 1.82) is 0 Å². The summed E-state index contributed by atoms with van der Waals surface area (Å²) >= 11 is 0. The van der Waals surface area contributed by atoms with Crippen LogP contribution in [-0.2, 0) is 26.2 Å². The van der Waals surface area contributed by atoms with Crippen molar-refractivity contribution >= 4 is 27.5 Å². The van der Waals surface area contributed by atoms with E-state index in [4.69, 9.17) is 0 Å². The SMILES string of the molecule is CC[C@@H](C(=O)NC1CCCCC1)N(Cc1ccc(C)cc1)C(=O)CCCN(c1cccc(C)c1C)S(C)(=O)=O. The minimum absolute atomic E-state index is 0.0991. The molecule has 1 aliphatic rings. The summed E-state index contributed by atoms with van der Waals surface area (Å²) < 4.78 is 26.8. The normalized spacial score (nSPS) is 15.0. The third kappa shape index (κ3) is 8.56. The van der Waals surface area contributed by atoms with Crippen LogP contribution in [0.4, 0.5) is 5.69 Å². The summed E-state index contributed by atoms with van der Waals surface area (Å²) in [6, 6.07) is 13.2. The van der Waals surface area contributed by atoms with Crippen molar-refractivity contribution < 1.29 is 18.0 Å². The maximum Gasteiger partial charge on any atom is 0.243 e. The molecule has 2 aromatic carbocycles. The number of carbonyl (C=O) groups is 2. The van der Waals surface area contributed by atoms with E-state index in [1.807, 2.05) is 64.1 Å². The Labute approximate surface area is 235 Å². The molecule has 39 heavy (non-hydrogen) atoms. The molecule has 0 aliphatic heterocycles. The van der Waals surface area contributed by atoms with Gasteiger partial charge in [-0.25, -0.2) is 8.42 Å². The number of amides is 2. The van der Waals surface area contributed by atoms with Gasteiger partial charge in [0.25, 0.3) is 0 Å². The largest absolute Gasteiger partial charge is 0.352 e. The molecular weight excluding hydrogens is 510 g/mol. The Morgan fingerprint density at radius 3 is 2.28 bits per heavy atom. The first-order valence-corrected chi connectivity index (χ1v) is 16.1. The Morgan fingerprint density at radius 1 is 1.00 bits per heavy atom. The van der Waals surface area contributed by atoms with E-state index in [1.54, 1.807) is 11.0 Å². The topological polar surface area (TPSA) is 86.8 Å². The van der Waals surface area contributed by atoms with Gasteiger partial charge < -0.3 is 10.2 Å². The van der Waals surface area contributed by atoms with E-state index in [0.717, 1.165) is 47.9 Å². The van der Waals surface area contributed by atoms with E-state index < -0.39 is 16.1 Å². The second kappa shape index (κ2) is 14.0. The molecule has 2 amide bonds. The van der Waals surface area contributed by atoms with E-state index in [2.05, 4.69) is 5.32 Å². The third-order valence-corrected chi connectivity index (χ3v) is 8.99. The molecule has 0 spiro atoms. The molecule has 214 valence electrons. The van der Waals surface area contributed by atoms with Crippen LogP contribution < -0.4 is 9.62 Å². The lowest BCUT2D eigenvalue weighted by Crippen LogP contribution is -2.51. The smallest absolute Gasteiger partial charge is 0.243 e. The number of anilines is 1. The zero-order valence-corrected chi connectivity index (χ0v) is 25.0. The van der Waals surface area contributed by atoms with E-state index in [9.17, 15) is 18.0 Å². The fraction of sp³-hybridized carbons (Fsp3) is 0.548. The number of aryl methyl sites for hydroxylation is 2. The molecule has 1 saturated carbocycles. The summed E-state index contributed by atoms with van der Waals surface area (Å²) in [6.07, 6.45) is 7.60. The summed E-state index contributed by atoms with van der Waals surface area (Å²) in [6.45, 7) is 8.35. The number of hydrogen-bond donors (Lipinski definition) is 1. The van der Waals surface area contributed by atoms with Crippen molar-refractivity contribution in [2.45, 2.75) is 97.7 Å². The lowest BCUT2D eigenvalue weighted by molar-refractivity contribution is -0.141. The van der Waals surface area contributed by atoms with Gasteiger partial charge in [0.05, 0.1) is 11.9 Å². The first-order chi connectivity index (χ1) is 18.5. The Hall–Kier alpha value is -2.87. The van der Waals surface area contributed by atoms with Gasteiger partial charge in [-0.3, -0.25) is 13.9 Å². The Kier molecular flexibility index (Phi) is 11.0. The number of rotatable bonds is 12. The van der Waals surface area contributed by atoms with Crippen molar-refractivity contribution in [3.63, 3.8) is 0 Å². The van der Waals surface area contributed by atoms with Gasteiger partial charge in [-0.15, -0.1) is 0 Å². The number of benzene rings is 2. The van der Waals surface area contributed by atoms with E-state index in [0.29, 0.717) is 25.1 Å². The summed E-state index contributed by atoms with van der Waals surface area (Å²) in [5.41, 5.74) is 4.65. The maximum atomic E-state index is 13.7. The zero-order chi connectivity index (χ0) is 28.6. The monoisotopic (exact) mass is 555 g/mol. The third-order valence-electron chi connectivity index (χ3n) is 7.81. The number of nitrogens with zero attached hydrogens (tertiary/aromatic N) is 2. The van der Waals surface area contributed by atoms with Crippen molar-refractivity contribution in [2.75, 3.05) is 17.1 Å².